The van der Waals surface area contributed by atoms with Gasteiger partial charge in [0.15, 0.2) is 0 Å². The first-order chi connectivity index (χ1) is 6.99. The van der Waals surface area contributed by atoms with E-state index in [1.807, 2.05) is 0 Å². The maximum absolute atomic E-state index is 12.6. The number of nitrogen functional groups attached to an aromatic ring is 1. The minimum atomic E-state index is -2.89. The molecule has 1 aromatic heterocycles. The molecule has 0 saturated carbocycles. The molecule has 0 bridgehead atoms. The summed E-state index contributed by atoms with van der Waals surface area (Å²) < 4.78 is 29.8. The van der Waals surface area contributed by atoms with Crippen LogP contribution in [0.15, 0.2) is 6.20 Å². The molecule has 0 aliphatic rings. The number of hydrogen-bond donors (Lipinski definition) is 1. The number of nitrogens with zero attached hydrogens (tertiary/aromatic N) is 1. The molecule has 0 aliphatic heterocycles. The van der Waals surface area contributed by atoms with Gasteiger partial charge in [-0.05, 0) is 11.6 Å². The molecule has 0 unspecified atom stereocenters. The number of alkyl halides is 2. The lowest BCUT2D eigenvalue weighted by Crippen LogP contribution is -2.06. The number of anilines is 1. The first kappa shape index (κ1) is 11.6. The molecule has 0 fully saturated rings. The third-order valence-corrected chi connectivity index (χ3v) is 1.94. The first-order valence-corrected chi connectivity index (χ1v) is 4.17. The van der Waals surface area contributed by atoms with Crippen LogP contribution in [0.2, 0.25) is 0 Å². The number of carbonyl (C=O) groups excluding carboxylic acids is 1. The molecule has 82 valence electrons. The number of hydrogen-bond acceptors (Lipinski definition) is 4. The number of aromatic nitrogens is 1. The van der Waals surface area contributed by atoms with Gasteiger partial charge >= 0.3 is 0 Å². The minimum absolute atomic E-state index is 0.233. The average Bonchev–Trinajstić information content (AvgIpc) is 2.15. The smallest absolute Gasteiger partial charge is 0.271 e. The van der Waals surface area contributed by atoms with Crippen LogP contribution in [0.3, 0.4) is 0 Å². The highest BCUT2D eigenvalue weighted by molar-refractivity contribution is 6.68. The van der Waals surface area contributed by atoms with Gasteiger partial charge in [0.1, 0.15) is 17.1 Å². The SMILES string of the molecule is COc1c(C(=O)Cl)cnc(N)c1C(F)F. The van der Waals surface area contributed by atoms with E-state index >= 15 is 0 Å². The number of halogens is 3. The van der Waals surface area contributed by atoms with Gasteiger partial charge in [0.05, 0.1) is 12.7 Å². The summed E-state index contributed by atoms with van der Waals surface area (Å²) in [7, 11) is 1.14. The second-order valence-corrected chi connectivity index (χ2v) is 2.92. The Balaban J connectivity index is 3.47. The van der Waals surface area contributed by atoms with Gasteiger partial charge < -0.3 is 10.5 Å². The number of nitrogens with two attached hydrogens (primary N) is 1. The van der Waals surface area contributed by atoms with Crippen molar-refractivity contribution in [2.75, 3.05) is 12.8 Å². The normalized spacial score (nSPS) is 10.5. The summed E-state index contributed by atoms with van der Waals surface area (Å²) in [5.74, 6) is -0.721. The molecule has 7 heteroatoms. The molecule has 0 atom stereocenters. The molecule has 0 spiro atoms. The number of ether oxygens (including phenoxy) is 1. The highest BCUT2D eigenvalue weighted by atomic mass is 35.5. The second kappa shape index (κ2) is 4.39. The van der Waals surface area contributed by atoms with E-state index in [1.165, 1.54) is 0 Å². The highest BCUT2D eigenvalue weighted by Crippen LogP contribution is 2.35. The topological polar surface area (TPSA) is 65.2 Å². The largest absolute Gasteiger partial charge is 0.495 e. The molecule has 1 aromatic rings. The van der Waals surface area contributed by atoms with Crippen molar-refractivity contribution < 1.29 is 18.3 Å². The molecule has 4 nitrogen and oxygen atoms in total. The van der Waals surface area contributed by atoms with Crippen molar-refractivity contribution in [3.05, 3.63) is 17.3 Å². The Morgan fingerprint density at radius 1 is 1.67 bits per heavy atom. The summed E-state index contributed by atoms with van der Waals surface area (Å²) in [6.07, 6.45) is -1.89. The van der Waals surface area contributed by atoms with Crippen LogP contribution in [-0.2, 0) is 0 Å². The zero-order chi connectivity index (χ0) is 11.6. The quantitative estimate of drug-likeness (QED) is 0.815. The molecule has 0 amide bonds. The van der Waals surface area contributed by atoms with E-state index in [2.05, 4.69) is 9.72 Å². The summed E-state index contributed by atoms with van der Waals surface area (Å²) in [5, 5.41) is -0.929. The Kier molecular flexibility index (Phi) is 3.41. The summed E-state index contributed by atoms with van der Waals surface area (Å²) in [6, 6.07) is 0. The third-order valence-electron chi connectivity index (χ3n) is 1.73. The van der Waals surface area contributed by atoms with Crippen LogP contribution in [0.4, 0.5) is 14.6 Å². The number of carbonyl (C=O) groups is 1. The summed E-state index contributed by atoms with van der Waals surface area (Å²) in [4.78, 5) is 14.3. The molecule has 0 saturated heterocycles. The minimum Gasteiger partial charge on any atom is -0.495 e. The van der Waals surface area contributed by atoms with E-state index in [0.29, 0.717) is 0 Å². The number of pyridine rings is 1. The molecule has 15 heavy (non-hydrogen) atoms. The van der Waals surface area contributed by atoms with Crippen molar-refractivity contribution >= 4 is 22.7 Å². The van der Waals surface area contributed by atoms with Crippen LogP contribution in [0.25, 0.3) is 0 Å². The van der Waals surface area contributed by atoms with Crippen molar-refractivity contribution in [1.29, 1.82) is 0 Å². The van der Waals surface area contributed by atoms with E-state index in [1.54, 1.807) is 0 Å². The molecule has 1 heterocycles. The van der Waals surface area contributed by atoms with Gasteiger partial charge in [0.25, 0.3) is 11.7 Å². The molecule has 1 rings (SSSR count). The molecule has 0 radical (unpaired) electrons. The highest BCUT2D eigenvalue weighted by Gasteiger charge is 2.24. The zero-order valence-electron chi connectivity index (χ0n) is 7.63. The van der Waals surface area contributed by atoms with Crippen LogP contribution in [0.1, 0.15) is 22.3 Å². The number of rotatable bonds is 3. The maximum Gasteiger partial charge on any atom is 0.271 e. The van der Waals surface area contributed by atoms with E-state index in [0.717, 1.165) is 13.3 Å². The van der Waals surface area contributed by atoms with Crippen molar-refractivity contribution in [3.63, 3.8) is 0 Å². The first-order valence-electron chi connectivity index (χ1n) is 3.79. The maximum atomic E-state index is 12.6. The van der Waals surface area contributed by atoms with Crippen molar-refractivity contribution in [2.45, 2.75) is 6.43 Å². The Morgan fingerprint density at radius 3 is 2.67 bits per heavy atom. The molecule has 0 aliphatic carbocycles. The predicted molar refractivity (Wildman–Crippen MR) is 50.3 cm³/mol. The fourth-order valence-electron chi connectivity index (χ4n) is 1.09. The monoisotopic (exact) mass is 236 g/mol. The Labute approximate surface area is 89.0 Å². The van der Waals surface area contributed by atoms with Gasteiger partial charge in [0, 0.05) is 6.20 Å². The fourth-order valence-corrected chi connectivity index (χ4v) is 1.23. The van der Waals surface area contributed by atoms with Gasteiger partial charge in [-0.15, -0.1) is 0 Å². The van der Waals surface area contributed by atoms with Gasteiger partial charge in [-0.2, -0.15) is 0 Å². The van der Waals surface area contributed by atoms with Crippen LogP contribution < -0.4 is 10.5 Å². The van der Waals surface area contributed by atoms with E-state index in [4.69, 9.17) is 17.3 Å². The van der Waals surface area contributed by atoms with Gasteiger partial charge in [-0.25, -0.2) is 13.8 Å². The molecular formula is C8H7ClF2N2O2. The standard InChI is InChI=1S/C8H7ClF2N2O2/c1-15-5-3(6(9)14)2-13-8(12)4(5)7(10)11/h2,7H,1H3,(H2,12,13). The van der Waals surface area contributed by atoms with E-state index in [-0.39, 0.29) is 17.1 Å². The summed E-state index contributed by atoms with van der Waals surface area (Å²) in [6.45, 7) is 0. The van der Waals surface area contributed by atoms with Gasteiger partial charge in [0.2, 0.25) is 0 Å². The lowest BCUT2D eigenvalue weighted by molar-refractivity contribution is 0.107. The van der Waals surface area contributed by atoms with Crippen LogP contribution in [-0.4, -0.2) is 17.3 Å². The van der Waals surface area contributed by atoms with Crippen LogP contribution in [0, 0.1) is 0 Å². The van der Waals surface area contributed by atoms with Crippen molar-refractivity contribution in [1.82, 2.24) is 4.98 Å². The molecular weight excluding hydrogens is 230 g/mol. The van der Waals surface area contributed by atoms with Gasteiger partial charge in [-0.3, -0.25) is 4.79 Å². The summed E-state index contributed by atoms with van der Waals surface area (Å²) >= 11 is 5.17. The van der Waals surface area contributed by atoms with Crippen LogP contribution >= 0.6 is 11.6 Å². The molecule has 0 aromatic carbocycles. The van der Waals surface area contributed by atoms with E-state index < -0.39 is 17.2 Å². The van der Waals surface area contributed by atoms with Gasteiger partial charge in [-0.1, -0.05) is 0 Å². The van der Waals surface area contributed by atoms with Crippen molar-refractivity contribution in [2.24, 2.45) is 0 Å². The van der Waals surface area contributed by atoms with E-state index in [9.17, 15) is 13.6 Å². The molecule has 2 N–H and O–H groups in total. The fraction of sp³-hybridized carbons (Fsp3) is 0.250. The summed E-state index contributed by atoms with van der Waals surface area (Å²) in [5.41, 5.74) is 4.39. The Bertz CT molecular complexity index is 398. The Morgan fingerprint density at radius 2 is 2.27 bits per heavy atom. The second-order valence-electron chi connectivity index (χ2n) is 2.58. The lowest BCUT2D eigenvalue weighted by atomic mass is 10.1. The van der Waals surface area contributed by atoms with Crippen molar-refractivity contribution in [3.8, 4) is 5.75 Å². The predicted octanol–water partition coefficient (Wildman–Crippen LogP) is 1.99. The Hall–Kier alpha value is -1.43. The lowest BCUT2D eigenvalue weighted by Gasteiger charge is -2.11. The average molecular weight is 237 g/mol. The zero-order valence-corrected chi connectivity index (χ0v) is 8.39. The van der Waals surface area contributed by atoms with Crippen LogP contribution in [0.5, 0.6) is 5.75 Å². The number of methoxy groups -OCH3 is 1. The third kappa shape index (κ3) is 2.15.